The molecule has 0 spiro atoms. The molecule has 0 aliphatic carbocycles. The average Bonchev–Trinajstić information content (AvgIpc) is 2.33. The number of nitrogens with one attached hydrogen (secondary N) is 1. The fourth-order valence-electron chi connectivity index (χ4n) is 2.74. The Labute approximate surface area is 120 Å². The van der Waals surface area contributed by atoms with E-state index in [4.69, 9.17) is 11.6 Å². The molecule has 0 saturated carbocycles. The minimum absolute atomic E-state index is 0.298. The van der Waals surface area contributed by atoms with E-state index in [2.05, 4.69) is 48.1 Å². The number of anilines is 1. The predicted molar refractivity (Wildman–Crippen MR) is 79.4 cm³/mol. The van der Waals surface area contributed by atoms with E-state index in [9.17, 15) is 0 Å². The van der Waals surface area contributed by atoms with Crippen molar-refractivity contribution in [3.05, 3.63) is 17.0 Å². The zero-order chi connectivity index (χ0) is 14.0. The molecule has 4 nitrogen and oxygen atoms in total. The molecule has 1 saturated heterocycles. The topological polar surface area (TPSA) is 41.1 Å². The van der Waals surface area contributed by atoms with Gasteiger partial charge in [0.25, 0.3) is 0 Å². The third kappa shape index (κ3) is 3.18. The number of hydrazine groups is 1. The van der Waals surface area contributed by atoms with Crippen LogP contribution in [0.15, 0.2) is 6.33 Å². The Kier molecular flexibility index (Phi) is 4.63. The van der Waals surface area contributed by atoms with Crippen LogP contribution in [0.4, 0.5) is 5.82 Å². The first-order valence-electron chi connectivity index (χ1n) is 7.06. The summed E-state index contributed by atoms with van der Waals surface area (Å²) in [7, 11) is 0. The highest BCUT2D eigenvalue weighted by atomic mass is 35.5. The van der Waals surface area contributed by atoms with Gasteiger partial charge in [-0.1, -0.05) is 31.9 Å². The summed E-state index contributed by atoms with van der Waals surface area (Å²) in [6.07, 6.45) is 5.25. The van der Waals surface area contributed by atoms with Crippen LogP contribution in [-0.2, 0) is 0 Å². The molecule has 2 unspecified atom stereocenters. The first-order valence-corrected chi connectivity index (χ1v) is 7.44. The lowest BCUT2D eigenvalue weighted by Gasteiger charge is -2.39. The molecule has 0 aromatic carbocycles. The van der Waals surface area contributed by atoms with Crippen LogP contribution < -0.4 is 5.43 Å². The Hall–Kier alpha value is -0.870. The quantitative estimate of drug-likeness (QED) is 0.855. The van der Waals surface area contributed by atoms with E-state index in [1.807, 2.05) is 0 Å². The van der Waals surface area contributed by atoms with E-state index in [1.54, 1.807) is 0 Å². The van der Waals surface area contributed by atoms with Gasteiger partial charge in [-0.05, 0) is 32.6 Å². The number of aromatic nitrogens is 2. The second-order valence-electron chi connectivity index (χ2n) is 5.73. The molecule has 1 aromatic rings. The smallest absolute Gasteiger partial charge is 0.148 e. The van der Waals surface area contributed by atoms with Crippen LogP contribution >= 0.6 is 11.6 Å². The first-order chi connectivity index (χ1) is 9.00. The van der Waals surface area contributed by atoms with Gasteiger partial charge in [0.15, 0.2) is 0 Å². The maximum atomic E-state index is 6.21. The van der Waals surface area contributed by atoms with E-state index in [1.165, 1.54) is 25.6 Å². The van der Waals surface area contributed by atoms with E-state index in [0.717, 1.165) is 11.4 Å². The predicted octanol–water partition coefficient (Wildman–Crippen LogP) is 3.84. The van der Waals surface area contributed by atoms with E-state index in [-0.39, 0.29) is 0 Å². The molecule has 1 N–H and O–H groups in total. The zero-order valence-electron chi connectivity index (χ0n) is 12.2. The summed E-state index contributed by atoms with van der Waals surface area (Å²) in [6.45, 7) is 8.72. The van der Waals surface area contributed by atoms with Crippen molar-refractivity contribution in [3.63, 3.8) is 0 Å². The minimum atomic E-state index is 0.298. The summed E-state index contributed by atoms with van der Waals surface area (Å²) in [5.74, 6) is 1.14. The third-order valence-corrected chi connectivity index (χ3v) is 4.14. The Morgan fingerprint density at radius 2 is 1.89 bits per heavy atom. The lowest BCUT2D eigenvalue weighted by molar-refractivity contribution is 0.135. The monoisotopic (exact) mass is 282 g/mol. The lowest BCUT2D eigenvalue weighted by atomic mass is 9.99. The van der Waals surface area contributed by atoms with Gasteiger partial charge in [-0.25, -0.2) is 15.0 Å². The van der Waals surface area contributed by atoms with Crippen LogP contribution in [-0.4, -0.2) is 27.1 Å². The number of nitrogens with zero attached hydrogens (tertiary/aromatic N) is 3. The molecule has 0 bridgehead atoms. The highest BCUT2D eigenvalue weighted by molar-refractivity contribution is 6.30. The van der Waals surface area contributed by atoms with Crippen molar-refractivity contribution in [2.75, 3.05) is 5.43 Å². The summed E-state index contributed by atoms with van der Waals surface area (Å²) in [6, 6.07) is 1.02. The molecule has 1 aliphatic rings. The molecular weight excluding hydrogens is 260 g/mol. The molecule has 106 valence electrons. The zero-order valence-corrected chi connectivity index (χ0v) is 12.9. The molecule has 19 heavy (non-hydrogen) atoms. The van der Waals surface area contributed by atoms with Gasteiger partial charge in [0.1, 0.15) is 17.3 Å². The number of piperidine rings is 1. The second kappa shape index (κ2) is 6.06. The van der Waals surface area contributed by atoms with Crippen molar-refractivity contribution < 1.29 is 0 Å². The van der Waals surface area contributed by atoms with Gasteiger partial charge in [-0.3, -0.25) is 0 Å². The number of hydrogen-bond donors (Lipinski definition) is 1. The number of halogens is 1. The molecule has 2 rings (SSSR count). The second-order valence-corrected chi connectivity index (χ2v) is 6.09. The molecule has 2 atom stereocenters. The Balaban J connectivity index is 2.25. The average molecular weight is 283 g/mol. The van der Waals surface area contributed by atoms with E-state index in [0.29, 0.717) is 23.2 Å². The van der Waals surface area contributed by atoms with Crippen molar-refractivity contribution >= 4 is 17.4 Å². The van der Waals surface area contributed by atoms with Gasteiger partial charge in [0.05, 0.1) is 0 Å². The van der Waals surface area contributed by atoms with Gasteiger partial charge in [0, 0.05) is 17.6 Å². The summed E-state index contributed by atoms with van der Waals surface area (Å²) in [5.41, 5.74) is 4.46. The van der Waals surface area contributed by atoms with Crippen molar-refractivity contribution in [2.24, 2.45) is 0 Å². The maximum Gasteiger partial charge on any atom is 0.148 e. The molecule has 0 amide bonds. The van der Waals surface area contributed by atoms with Crippen molar-refractivity contribution in [1.82, 2.24) is 15.0 Å². The number of hydrogen-bond acceptors (Lipinski definition) is 4. The molecule has 1 aromatic heterocycles. The van der Waals surface area contributed by atoms with Gasteiger partial charge in [0.2, 0.25) is 0 Å². The largest absolute Gasteiger partial charge is 0.302 e. The summed E-state index contributed by atoms with van der Waals surface area (Å²) in [4.78, 5) is 8.46. The highest BCUT2D eigenvalue weighted by Crippen LogP contribution is 2.30. The number of rotatable bonds is 3. The van der Waals surface area contributed by atoms with Crippen LogP contribution in [0, 0.1) is 0 Å². The lowest BCUT2D eigenvalue weighted by Crippen LogP contribution is -2.47. The minimum Gasteiger partial charge on any atom is -0.302 e. The molecular formula is C14H23ClN4. The normalized spacial score (nSPS) is 24.7. The Morgan fingerprint density at radius 3 is 2.47 bits per heavy atom. The first kappa shape index (κ1) is 14.5. The maximum absolute atomic E-state index is 6.21. The summed E-state index contributed by atoms with van der Waals surface area (Å²) >= 11 is 6.21. The van der Waals surface area contributed by atoms with E-state index < -0.39 is 0 Å². The van der Waals surface area contributed by atoms with Gasteiger partial charge >= 0.3 is 0 Å². The van der Waals surface area contributed by atoms with Crippen LogP contribution in [0.1, 0.15) is 58.4 Å². The van der Waals surface area contributed by atoms with Crippen LogP contribution in [0.3, 0.4) is 0 Å². The Morgan fingerprint density at radius 1 is 1.26 bits per heavy atom. The SMILES string of the molecule is CC(C)c1c(Cl)ncnc1NN1C(C)CCCC1C. The summed E-state index contributed by atoms with van der Waals surface area (Å²) in [5, 5.41) is 2.85. The fourth-order valence-corrected chi connectivity index (χ4v) is 3.09. The van der Waals surface area contributed by atoms with Crippen LogP contribution in [0.2, 0.25) is 5.15 Å². The van der Waals surface area contributed by atoms with Crippen molar-refractivity contribution in [2.45, 2.75) is 65.0 Å². The summed E-state index contributed by atoms with van der Waals surface area (Å²) < 4.78 is 0. The molecule has 1 aliphatic heterocycles. The van der Waals surface area contributed by atoms with Gasteiger partial charge in [-0.15, -0.1) is 0 Å². The van der Waals surface area contributed by atoms with Crippen molar-refractivity contribution in [3.8, 4) is 0 Å². The van der Waals surface area contributed by atoms with Crippen molar-refractivity contribution in [1.29, 1.82) is 0 Å². The molecule has 2 heterocycles. The fraction of sp³-hybridized carbons (Fsp3) is 0.714. The highest BCUT2D eigenvalue weighted by Gasteiger charge is 2.26. The molecule has 1 fully saturated rings. The van der Waals surface area contributed by atoms with E-state index >= 15 is 0 Å². The molecule has 0 radical (unpaired) electrons. The van der Waals surface area contributed by atoms with Crippen LogP contribution in [0.5, 0.6) is 0 Å². The standard InChI is InChI=1S/C14H23ClN4/c1-9(2)12-13(15)16-8-17-14(12)18-19-10(3)6-5-7-11(19)4/h8-11H,5-7H2,1-4H3,(H,16,17,18). The van der Waals surface area contributed by atoms with Crippen LogP contribution in [0.25, 0.3) is 0 Å². The Bertz CT molecular complexity index is 425. The third-order valence-electron chi connectivity index (χ3n) is 3.84. The molecule has 5 heteroatoms. The van der Waals surface area contributed by atoms with Gasteiger partial charge < -0.3 is 5.43 Å². The van der Waals surface area contributed by atoms with Gasteiger partial charge in [-0.2, -0.15) is 0 Å².